The van der Waals surface area contributed by atoms with Crippen molar-refractivity contribution in [2.24, 2.45) is 0 Å². The summed E-state index contributed by atoms with van der Waals surface area (Å²) in [7, 11) is 0. The van der Waals surface area contributed by atoms with Crippen LogP contribution in [0.15, 0.2) is 22.9 Å². The van der Waals surface area contributed by atoms with Gasteiger partial charge in [0.25, 0.3) is 0 Å². The van der Waals surface area contributed by atoms with Crippen LogP contribution in [0.2, 0.25) is 0 Å². The van der Waals surface area contributed by atoms with Gasteiger partial charge in [-0.3, -0.25) is 14.2 Å². The van der Waals surface area contributed by atoms with E-state index in [1.807, 2.05) is 37.7 Å². The van der Waals surface area contributed by atoms with Crippen LogP contribution in [0.3, 0.4) is 0 Å². The molecule has 6 nitrogen and oxygen atoms in total. The van der Waals surface area contributed by atoms with E-state index in [2.05, 4.69) is 31.4 Å². The Kier molecular flexibility index (Phi) is 5.17. The van der Waals surface area contributed by atoms with Crippen molar-refractivity contribution < 1.29 is 4.79 Å². The molecule has 1 N–H and O–H groups in total. The standard InChI is InChI=1S/C14H20BrN5O/c1-4-20-13(5-7-16-20)11(3)17-14(21)6-8-19-9-12(15)10(2)18-19/h5,7,9,11H,4,6,8H2,1-3H3,(H,17,21). The topological polar surface area (TPSA) is 64.7 Å². The number of hydrogen-bond donors (Lipinski definition) is 1. The van der Waals surface area contributed by atoms with E-state index in [1.54, 1.807) is 10.9 Å². The molecule has 0 saturated carbocycles. The van der Waals surface area contributed by atoms with Crippen LogP contribution in [0.1, 0.15) is 37.7 Å². The summed E-state index contributed by atoms with van der Waals surface area (Å²) >= 11 is 3.41. The first-order valence-corrected chi connectivity index (χ1v) is 7.81. The third-order valence-electron chi connectivity index (χ3n) is 3.32. The summed E-state index contributed by atoms with van der Waals surface area (Å²) in [5, 5.41) is 11.5. The van der Waals surface area contributed by atoms with Gasteiger partial charge in [-0.25, -0.2) is 0 Å². The molecule has 0 aromatic carbocycles. The number of hydrogen-bond acceptors (Lipinski definition) is 3. The molecule has 2 aromatic rings. The molecular formula is C14H20BrN5O. The van der Waals surface area contributed by atoms with Gasteiger partial charge in [0.2, 0.25) is 5.91 Å². The smallest absolute Gasteiger partial charge is 0.222 e. The molecule has 21 heavy (non-hydrogen) atoms. The first kappa shape index (κ1) is 15.8. The van der Waals surface area contributed by atoms with Gasteiger partial charge >= 0.3 is 0 Å². The first-order valence-electron chi connectivity index (χ1n) is 7.02. The minimum absolute atomic E-state index is 0.00984. The number of aromatic nitrogens is 4. The van der Waals surface area contributed by atoms with E-state index in [9.17, 15) is 4.79 Å². The summed E-state index contributed by atoms with van der Waals surface area (Å²) in [6, 6.07) is 1.88. The lowest BCUT2D eigenvalue weighted by Crippen LogP contribution is -2.29. The molecule has 0 fully saturated rings. The molecule has 1 unspecified atom stereocenters. The van der Waals surface area contributed by atoms with Crippen LogP contribution in [-0.4, -0.2) is 25.5 Å². The van der Waals surface area contributed by atoms with Crippen LogP contribution in [0.4, 0.5) is 0 Å². The van der Waals surface area contributed by atoms with Crippen molar-refractivity contribution in [1.82, 2.24) is 24.9 Å². The highest BCUT2D eigenvalue weighted by atomic mass is 79.9. The Morgan fingerprint density at radius 3 is 2.90 bits per heavy atom. The summed E-state index contributed by atoms with van der Waals surface area (Å²) in [5.41, 5.74) is 1.94. The fourth-order valence-corrected chi connectivity index (χ4v) is 2.50. The van der Waals surface area contributed by atoms with Crippen LogP contribution in [0.25, 0.3) is 0 Å². The minimum atomic E-state index is -0.0500. The van der Waals surface area contributed by atoms with Gasteiger partial charge in [0.05, 0.1) is 21.9 Å². The van der Waals surface area contributed by atoms with Crippen molar-refractivity contribution in [3.05, 3.63) is 34.3 Å². The van der Waals surface area contributed by atoms with E-state index in [0.717, 1.165) is 22.4 Å². The van der Waals surface area contributed by atoms with Crippen molar-refractivity contribution in [1.29, 1.82) is 0 Å². The normalized spacial score (nSPS) is 12.4. The number of rotatable bonds is 6. The van der Waals surface area contributed by atoms with Crippen LogP contribution in [-0.2, 0) is 17.9 Å². The van der Waals surface area contributed by atoms with E-state index >= 15 is 0 Å². The Hall–Kier alpha value is -1.63. The minimum Gasteiger partial charge on any atom is -0.348 e. The fraction of sp³-hybridized carbons (Fsp3) is 0.500. The Bertz CT molecular complexity index is 599. The fourth-order valence-electron chi connectivity index (χ4n) is 2.19. The number of halogens is 1. The number of carbonyl (C=O) groups is 1. The summed E-state index contributed by atoms with van der Waals surface area (Å²) < 4.78 is 4.63. The van der Waals surface area contributed by atoms with Gasteiger partial charge in [-0.05, 0) is 42.8 Å². The van der Waals surface area contributed by atoms with Crippen molar-refractivity contribution in [2.45, 2.75) is 46.3 Å². The maximum atomic E-state index is 12.0. The van der Waals surface area contributed by atoms with Gasteiger partial charge in [0.15, 0.2) is 0 Å². The van der Waals surface area contributed by atoms with Gasteiger partial charge in [0, 0.05) is 31.9 Å². The van der Waals surface area contributed by atoms with E-state index in [4.69, 9.17) is 0 Å². The molecule has 1 atom stereocenters. The van der Waals surface area contributed by atoms with Gasteiger partial charge in [0.1, 0.15) is 0 Å². The Labute approximate surface area is 132 Å². The molecule has 0 aliphatic rings. The van der Waals surface area contributed by atoms with Gasteiger partial charge < -0.3 is 5.32 Å². The zero-order valence-electron chi connectivity index (χ0n) is 12.5. The molecule has 1 amide bonds. The zero-order valence-corrected chi connectivity index (χ0v) is 14.1. The monoisotopic (exact) mass is 353 g/mol. The Morgan fingerprint density at radius 2 is 2.29 bits per heavy atom. The zero-order chi connectivity index (χ0) is 15.4. The van der Waals surface area contributed by atoms with E-state index in [0.29, 0.717) is 13.0 Å². The van der Waals surface area contributed by atoms with Crippen LogP contribution < -0.4 is 5.32 Å². The lowest BCUT2D eigenvalue weighted by Gasteiger charge is -2.15. The van der Waals surface area contributed by atoms with E-state index in [1.165, 1.54) is 0 Å². The highest BCUT2D eigenvalue weighted by molar-refractivity contribution is 9.10. The van der Waals surface area contributed by atoms with Gasteiger partial charge in [-0.15, -0.1) is 0 Å². The quantitative estimate of drug-likeness (QED) is 0.867. The van der Waals surface area contributed by atoms with E-state index in [-0.39, 0.29) is 11.9 Å². The van der Waals surface area contributed by atoms with Gasteiger partial charge in [-0.1, -0.05) is 0 Å². The molecule has 0 bridgehead atoms. The molecule has 0 aliphatic carbocycles. The van der Waals surface area contributed by atoms with Crippen molar-refractivity contribution in [3.63, 3.8) is 0 Å². The second-order valence-electron chi connectivity index (χ2n) is 4.94. The average molecular weight is 354 g/mol. The van der Waals surface area contributed by atoms with Crippen molar-refractivity contribution >= 4 is 21.8 Å². The Balaban J connectivity index is 1.87. The average Bonchev–Trinajstić information content (AvgIpc) is 3.03. The first-order chi connectivity index (χ1) is 10.0. The van der Waals surface area contributed by atoms with Crippen molar-refractivity contribution in [2.75, 3.05) is 0 Å². The van der Waals surface area contributed by atoms with Crippen LogP contribution in [0, 0.1) is 6.92 Å². The van der Waals surface area contributed by atoms with E-state index < -0.39 is 0 Å². The summed E-state index contributed by atoms with van der Waals surface area (Å²) in [5.74, 6) is 0.00984. The maximum absolute atomic E-state index is 12.0. The van der Waals surface area contributed by atoms with Crippen LogP contribution in [0.5, 0.6) is 0 Å². The lowest BCUT2D eigenvalue weighted by atomic mass is 10.2. The lowest BCUT2D eigenvalue weighted by molar-refractivity contribution is -0.122. The number of aryl methyl sites for hydroxylation is 3. The number of amides is 1. The third-order valence-corrected chi connectivity index (χ3v) is 4.10. The number of nitrogens with zero attached hydrogens (tertiary/aromatic N) is 4. The number of carbonyl (C=O) groups excluding carboxylic acids is 1. The molecule has 7 heteroatoms. The summed E-state index contributed by atoms with van der Waals surface area (Å²) in [6.45, 7) is 7.29. The maximum Gasteiger partial charge on any atom is 0.222 e. The summed E-state index contributed by atoms with van der Waals surface area (Å²) in [6.07, 6.45) is 4.04. The molecule has 0 aliphatic heterocycles. The Morgan fingerprint density at radius 1 is 1.52 bits per heavy atom. The van der Waals surface area contributed by atoms with Crippen LogP contribution >= 0.6 is 15.9 Å². The molecule has 0 spiro atoms. The molecule has 2 heterocycles. The summed E-state index contributed by atoms with van der Waals surface area (Å²) in [4.78, 5) is 12.0. The molecule has 0 radical (unpaired) electrons. The molecule has 2 aromatic heterocycles. The second-order valence-corrected chi connectivity index (χ2v) is 5.79. The third kappa shape index (κ3) is 3.93. The van der Waals surface area contributed by atoms with Crippen molar-refractivity contribution in [3.8, 4) is 0 Å². The molecule has 0 saturated heterocycles. The molecule has 2 rings (SSSR count). The number of nitrogens with one attached hydrogen (secondary N) is 1. The largest absolute Gasteiger partial charge is 0.348 e. The predicted molar refractivity (Wildman–Crippen MR) is 83.7 cm³/mol. The second kappa shape index (κ2) is 6.89. The SMILES string of the molecule is CCn1nccc1C(C)NC(=O)CCn1cc(Br)c(C)n1. The molecule has 114 valence electrons. The highest BCUT2D eigenvalue weighted by Gasteiger charge is 2.13. The van der Waals surface area contributed by atoms with Gasteiger partial charge in [-0.2, -0.15) is 10.2 Å². The highest BCUT2D eigenvalue weighted by Crippen LogP contribution is 2.14. The molecular weight excluding hydrogens is 334 g/mol. The predicted octanol–water partition coefficient (Wildman–Crippen LogP) is 2.44.